The van der Waals surface area contributed by atoms with Crippen molar-refractivity contribution in [2.75, 3.05) is 19.4 Å². The molecule has 47 heavy (non-hydrogen) atoms. The normalized spacial score (nSPS) is 16.6. The van der Waals surface area contributed by atoms with Crippen LogP contribution in [-0.4, -0.2) is 45.5 Å². The number of nitrogens with one attached hydrogen (secondary N) is 1. The molecule has 0 bridgehead atoms. The van der Waals surface area contributed by atoms with Gasteiger partial charge in [-0.2, -0.15) is 0 Å². The summed E-state index contributed by atoms with van der Waals surface area (Å²) in [6, 6.07) is 18.4. The quantitative estimate of drug-likeness (QED) is 0.168. The molecule has 0 aliphatic heterocycles. The van der Waals surface area contributed by atoms with Crippen LogP contribution in [0.4, 0.5) is 5.69 Å². The average Bonchev–Trinajstić information content (AvgIpc) is 3.44. The van der Waals surface area contributed by atoms with Gasteiger partial charge in [0.05, 0.1) is 11.7 Å². The Morgan fingerprint density at radius 2 is 1.72 bits per heavy atom. The molecule has 0 fully saturated rings. The van der Waals surface area contributed by atoms with Crippen LogP contribution >= 0.6 is 0 Å². The lowest BCUT2D eigenvalue weighted by Crippen LogP contribution is -2.37. The van der Waals surface area contributed by atoms with Gasteiger partial charge >= 0.3 is 5.97 Å². The number of fused-ring (bicyclic) bond motifs is 2. The first-order valence-corrected chi connectivity index (χ1v) is 16.6. The molecule has 250 valence electrons. The zero-order valence-electron chi connectivity index (χ0n) is 29.1. The summed E-state index contributed by atoms with van der Waals surface area (Å²) < 4.78 is 13.9. The van der Waals surface area contributed by atoms with Crippen LogP contribution in [0.2, 0.25) is 0 Å². The van der Waals surface area contributed by atoms with Crippen LogP contribution in [0.25, 0.3) is 5.65 Å². The van der Waals surface area contributed by atoms with Crippen molar-refractivity contribution < 1.29 is 19.1 Å². The highest BCUT2D eigenvalue weighted by atomic mass is 16.5. The van der Waals surface area contributed by atoms with Gasteiger partial charge in [-0.05, 0) is 111 Å². The first kappa shape index (κ1) is 34.1. The zero-order chi connectivity index (χ0) is 33.9. The minimum Gasteiger partial charge on any atom is -0.484 e. The Hall–Kier alpha value is -4.24. The van der Waals surface area contributed by atoms with Crippen molar-refractivity contribution in [2.24, 2.45) is 0 Å². The standard InChI is InChI=1S/C38H49N5O4/c1-25(44)46-24-26-20-28(37(2,3)4)22-29(21-26)39-35(45)15-11-12-27-16-18-33(32-14-10-9-13-31(27)32)47-30-17-19-34-40-41-36(43(34)23-30)38(5,6)42(7)8/h9-10,13-14,17,19-23,27,33H,11-12,15-16,18,24H2,1-8H3,(H,39,45)/t27-,33+/m0/s1. The summed E-state index contributed by atoms with van der Waals surface area (Å²) in [6.45, 7) is 12.2. The number of nitrogens with zero attached hydrogens (tertiary/aromatic N) is 4. The molecule has 0 saturated heterocycles. The van der Waals surface area contributed by atoms with Gasteiger partial charge in [0, 0.05) is 19.0 Å². The largest absolute Gasteiger partial charge is 0.484 e. The molecular weight excluding hydrogens is 590 g/mol. The number of carbonyl (C=O) groups excluding carboxylic acids is 2. The van der Waals surface area contributed by atoms with Crippen molar-refractivity contribution >= 4 is 23.2 Å². The van der Waals surface area contributed by atoms with Gasteiger partial charge in [-0.3, -0.25) is 18.9 Å². The SMILES string of the molecule is CC(=O)OCc1cc(NC(=O)CCC[C@H]2CC[C@@H](Oc3ccc4nnc(C(C)(C)N(C)C)n4c3)c3ccccc32)cc(C(C)(C)C)c1. The van der Waals surface area contributed by atoms with Crippen LogP contribution < -0.4 is 10.1 Å². The molecule has 0 unspecified atom stereocenters. The van der Waals surface area contributed by atoms with Gasteiger partial charge in [0.2, 0.25) is 5.91 Å². The first-order valence-electron chi connectivity index (χ1n) is 16.6. The number of hydrogen-bond donors (Lipinski definition) is 1. The number of ether oxygens (including phenoxy) is 2. The zero-order valence-corrected chi connectivity index (χ0v) is 29.1. The Morgan fingerprint density at radius 1 is 0.979 bits per heavy atom. The van der Waals surface area contributed by atoms with Crippen molar-refractivity contribution in [3.05, 3.63) is 88.9 Å². The summed E-state index contributed by atoms with van der Waals surface area (Å²) in [5.74, 6) is 1.67. The van der Waals surface area contributed by atoms with Gasteiger partial charge in [-0.25, -0.2) is 0 Å². The molecular formula is C38H49N5O4. The van der Waals surface area contributed by atoms with Crippen LogP contribution in [-0.2, 0) is 31.9 Å². The highest BCUT2D eigenvalue weighted by Gasteiger charge is 2.31. The molecule has 4 aromatic rings. The van der Waals surface area contributed by atoms with Crippen LogP contribution in [0, 0.1) is 0 Å². The molecule has 1 aliphatic carbocycles. The van der Waals surface area contributed by atoms with E-state index in [1.807, 2.05) is 55.0 Å². The van der Waals surface area contributed by atoms with E-state index in [2.05, 4.69) is 79.3 Å². The lowest BCUT2D eigenvalue weighted by molar-refractivity contribution is -0.142. The van der Waals surface area contributed by atoms with Crippen molar-refractivity contribution in [2.45, 2.75) is 103 Å². The number of hydrogen-bond acceptors (Lipinski definition) is 7. The minimum absolute atomic E-state index is 0.0130. The maximum Gasteiger partial charge on any atom is 0.302 e. The van der Waals surface area contributed by atoms with Crippen molar-refractivity contribution in [3.63, 3.8) is 0 Å². The van der Waals surface area contributed by atoms with E-state index in [-0.39, 0.29) is 35.5 Å². The van der Waals surface area contributed by atoms with E-state index in [0.717, 1.165) is 59.7 Å². The second-order valence-corrected chi connectivity index (χ2v) is 14.5. The minimum atomic E-state index is -0.328. The van der Waals surface area contributed by atoms with Crippen molar-refractivity contribution in [3.8, 4) is 5.75 Å². The fourth-order valence-corrected chi connectivity index (χ4v) is 6.18. The van der Waals surface area contributed by atoms with Crippen LogP contribution in [0.5, 0.6) is 5.75 Å². The van der Waals surface area contributed by atoms with Crippen molar-refractivity contribution in [1.82, 2.24) is 19.5 Å². The van der Waals surface area contributed by atoms with Crippen molar-refractivity contribution in [1.29, 1.82) is 0 Å². The molecule has 9 nitrogen and oxygen atoms in total. The molecule has 0 radical (unpaired) electrons. The van der Waals surface area contributed by atoms with Gasteiger partial charge in [0.15, 0.2) is 11.5 Å². The monoisotopic (exact) mass is 639 g/mol. The smallest absolute Gasteiger partial charge is 0.302 e. The maximum atomic E-state index is 13.1. The van der Waals surface area contributed by atoms with Gasteiger partial charge in [0.25, 0.3) is 0 Å². The van der Waals surface area contributed by atoms with E-state index in [4.69, 9.17) is 9.47 Å². The summed E-state index contributed by atoms with van der Waals surface area (Å²) in [4.78, 5) is 26.6. The molecule has 9 heteroatoms. The second-order valence-electron chi connectivity index (χ2n) is 14.5. The Balaban J connectivity index is 1.23. The van der Waals surface area contributed by atoms with Crippen LogP contribution in [0.15, 0.2) is 60.8 Å². The fraction of sp³-hybridized carbons (Fsp3) is 0.474. The number of aromatic nitrogens is 3. The summed E-state index contributed by atoms with van der Waals surface area (Å²) in [5, 5.41) is 12.0. The van der Waals surface area contributed by atoms with E-state index in [1.54, 1.807) is 0 Å². The number of pyridine rings is 1. The van der Waals surface area contributed by atoms with E-state index in [9.17, 15) is 9.59 Å². The van der Waals surface area contributed by atoms with Crippen LogP contribution in [0.1, 0.15) is 114 Å². The number of amides is 1. The number of rotatable bonds is 11. The van der Waals surface area contributed by atoms with E-state index in [0.29, 0.717) is 12.3 Å². The van der Waals surface area contributed by atoms with Crippen LogP contribution in [0.3, 0.4) is 0 Å². The third kappa shape index (κ3) is 8.01. The predicted octanol–water partition coefficient (Wildman–Crippen LogP) is 7.69. The second kappa shape index (κ2) is 13.9. The Kier molecular flexibility index (Phi) is 10.1. The number of benzene rings is 2. The number of carbonyl (C=O) groups is 2. The molecule has 0 saturated carbocycles. The van der Waals surface area contributed by atoms with Gasteiger partial charge in [0.1, 0.15) is 18.5 Å². The number of anilines is 1. The van der Waals surface area contributed by atoms with Gasteiger partial charge in [-0.1, -0.05) is 51.1 Å². The average molecular weight is 640 g/mol. The molecule has 1 N–H and O–H groups in total. The van der Waals surface area contributed by atoms with Gasteiger partial charge < -0.3 is 14.8 Å². The Labute approximate surface area is 278 Å². The van der Waals surface area contributed by atoms with E-state index in [1.165, 1.54) is 18.1 Å². The lowest BCUT2D eigenvalue weighted by atomic mass is 9.79. The first-order chi connectivity index (χ1) is 22.2. The number of esters is 1. The molecule has 1 amide bonds. The molecule has 2 aromatic heterocycles. The third-order valence-corrected chi connectivity index (χ3v) is 9.42. The fourth-order valence-electron chi connectivity index (χ4n) is 6.18. The summed E-state index contributed by atoms with van der Waals surface area (Å²) in [5.41, 5.74) is 5.56. The summed E-state index contributed by atoms with van der Waals surface area (Å²) in [7, 11) is 4.08. The molecule has 0 spiro atoms. The molecule has 2 aromatic carbocycles. The maximum absolute atomic E-state index is 13.1. The predicted molar refractivity (Wildman–Crippen MR) is 185 cm³/mol. The molecule has 2 atom stereocenters. The third-order valence-electron chi connectivity index (χ3n) is 9.42. The lowest BCUT2D eigenvalue weighted by Gasteiger charge is -2.32. The summed E-state index contributed by atoms with van der Waals surface area (Å²) >= 11 is 0. The van der Waals surface area contributed by atoms with E-state index >= 15 is 0 Å². The molecule has 5 rings (SSSR count). The van der Waals surface area contributed by atoms with Gasteiger partial charge in [-0.15, -0.1) is 10.2 Å². The Bertz CT molecular complexity index is 1740. The highest BCUT2D eigenvalue weighted by molar-refractivity contribution is 5.90. The molecule has 2 heterocycles. The molecule has 1 aliphatic rings. The summed E-state index contributed by atoms with van der Waals surface area (Å²) in [6.07, 6.45) is 5.97. The topological polar surface area (TPSA) is 98.1 Å². The highest BCUT2D eigenvalue weighted by Crippen LogP contribution is 2.42. The Morgan fingerprint density at radius 3 is 2.43 bits per heavy atom. The van der Waals surface area contributed by atoms with E-state index < -0.39 is 0 Å².